The number of benzene rings is 1. The number of carbonyl (C=O) groups is 1. The van der Waals surface area contributed by atoms with Crippen LogP contribution in [0.5, 0.6) is 0 Å². The fraction of sp³-hybridized carbons (Fsp3) is 0.562. The third kappa shape index (κ3) is 3.16. The predicted octanol–water partition coefficient (Wildman–Crippen LogP) is 2.86. The van der Waals surface area contributed by atoms with Crippen LogP contribution in [0, 0.1) is 33.6 Å². The Morgan fingerprint density at radius 1 is 1.26 bits per heavy atom. The number of nitrogens with one attached hydrogen (secondary N) is 2. The van der Waals surface area contributed by atoms with Gasteiger partial charge in [-0.25, -0.2) is 0 Å². The van der Waals surface area contributed by atoms with E-state index in [2.05, 4.69) is 44.4 Å². The number of aryl methyl sites for hydroxylation is 2. The molecule has 1 heterocycles. The molecular formula is C16H24N2O. The van der Waals surface area contributed by atoms with Crippen molar-refractivity contribution in [1.82, 2.24) is 5.32 Å². The van der Waals surface area contributed by atoms with E-state index in [-0.39, 0.29) is 5.91 Å². The maximum absolute atomic E-state index is 12.2. The van der Waals surface area contributed by atoms with E-state index in [1.54, 1.807) is 0 Å². The summed E-state index contributed by atoms with van der Waals surface area (Å²) >= 11 is 0. The summed E-state index contributed by atoms with van der Waals surface area (Å²) in [6, 6.07) is 2.18. The summed E-state index contributed by atoms with van der Waals surface area (Å²) in [7, 11) is 0. The van der Waals surface area contributed by atoms with Crippen LogP contribution in [-0.2, 0) is 4.79 Å². The SMILES string of the molecule is Cc1cc(C)c(C)c(NC(=O)CC2CCNC2)c1C. The molecule has 0 saturated carbocycles. The van der Waals surface area contributed by atoms with Gasteiger partial charge in [0.2, 0.25) is 5.91 Å². The minimum atomic E-state index is 0.143. The normalized spacial score (nSPS) is 18.6. The zero-order chi connectivity index (χ0) is 14.0. The smallest absolute Gasteiger partial charge is 0.224 e. The maximum atomic E-state index is 12.2. The Morgan fingerprint density at radius 3 is 2.42 bits per heavy atom. The molecule has 19 heavy (non-hydrogen) atoms. The second-order valence-electron chi connectivity index (χ2n) is 5.75. The highest BCUT2D eigenvalue weighted by molar-refractivity contribution is 5.93. The Bertz CT molecular complexity index is 462. The van der Waals surface area contributed by atoms with Gasteiger partial charge in [-0.05, 0) is 75.4 Å². The van der Waals surface area contributed by atoms with Gasteiger partial charge in [-0.1, -0.05) is 6.07 Å². The Labute approximate surface area is 115 Å². The fourth-order valence-corrected chi connectivity index (χ4v) is 2.75. The van der Waals surface area contributed by atoms with Gasteiger partial charge in [0.15, 0.2) is 0 Å². The molecule has 0 radical (unpaired) electrons. The lowest BCUT2D eigenvalue weighted by Crippen LogP contribution is -2.19. The number of hydrogen-bond acceptors (Lipinski definition) is 2. The maximum Gasteiger partial charge on any atom is 0.224 e. The Kier molecular flexibility index (Phi) is 4.25. The van der Waals surface area contributed by atoms with Crippen molar-refractivity contribution in [3.8, 4) is 0 Å². The van der Waals surface area contributed by atoms with E-state index in [4.69, 9.17) is 0 Å². The highest BCUT2D eigenvalue weighted by atomic mass is 16.1. The molecule has 1 aliphatic heterocycles. The van der Waals surface area contributed by atoms with Crippen LogP contribution in [0.3, 0.4) is 0 Å². The van der Waals surface area contributed by atoms with Crippen LogP contribution in [0.25, 0.3) is 0 Å². The van der Waals surface area contributed by atoms with Crippen LogP contribution in [0.2, 0.25) is 0 Å². The van der Waals surface area contributed by atoms with Crippen molar-refractivity contribution in [2.24, 2.45) is 5.92 Å². The molecule has 1 unspecified atom stereocenters. The number of rotatable bonds is 3. The third-order valence-electron chi connectivity index (χ3n) is 4.27. The van der Waals surface area contributed by atoms with Crippen molar-refractivity contribution >= 4 is 11.6 Å². The van der Waals surface area contributed by atoms with E-state index in [1.165, 1.54) is 22.3 Å². The molecule has 0 bridgehead atoms. The highest BCUT2D eigenvalue weighted by Crippen LogP contribution is 2.27. The Hall–Kier alpha value is -1.35. The van der Waals surface area contributed by atoms with E-state index < -0.39 is 0 Å². The molecule has 1 atom stereocenters. The average molecular weight is 260 g/mol. The van der Waals surface area contributed by atoms with Gasteiger partial charge in [0.1, 0.15) is 0 Å². The van der Waals surface area contributed by atoms with Crippen molar-refractivity contribution in [3.63, 3.8) is 0 Å². The second kappa shape index (κ2) is 5.74. The Balaban J connectivity index is 2.11. The summed E-state index contributed by atoms with van der Waals surface area (Å²) < 4.78 is 0. The molecule has 1 aromatic carbocycles. The van der Waals surface area contributed by atoms with Gasteiger partial charge in [0.05, 0.1) is 0 Å². The van der Waals surface area contributed by atoms with E-state index in [0.29, 0.717) is 12.3 Å². The zero-order valence-electron chi connectivity index (χ0n) is 12.4. The van der Waals surface area contributed by atoms with E-state index in [9.17, 15) is 4.79 Å². The molecule has 1 aliphatic rings. The van der Waals surface area contributed by atoms with E-state index >= 15 is 0 Å². The van der Waals surface area contributed by atoms with Gasteiger partial charge in [-0.2, -0.15) is 0 Å². The summed E-state index contributed by atoms with van der Waals surface area (Å²) in [5, 5.41) is 6.42. The molecule has 104 valence electrons. The standard InChI is InChI=1S/C16H24N2O/c1-10-7-11(2)13(4)16(12(10)3)18-15(19)8-14-5-6-17-9-14/h7,14,17H,5-6,8-9H2,1-4H3,(H,18,19). The second-order valence-corrected chi connectivity index (χ2v) is 5.75. The van der Waals surface area contributed by atoms with Crippen molar-refractivity contribution in [1.29, 1.82) is 0 Å². The van der Waals surface area contributed by atoms with Crippen molar-refractivity contribution in [3.05, 3.63) is 28.3 Å². The van der Waals surface area contributed by atoms with Crippen molar-refractivity contribution in [2.75, 3.05) is 18.4 Å². The van der Waals surface area contributed by atoms with Gasteiger partial charge in [-0.3, -0.25) is 4.79 Å². The van der Waals surface area contributed by atoms with Crippen LogP contribution in [0.4, 0.5) is 5.69 Å². The van der Waals surface area contributed by atoms with Crippen molar-refractivity contribution in [2.45, 2.75) is 40.5 Å². The molecule has 0 aliphatic carbocycles. The minimum Gasteiger partial charge on any atom is -0.326 e. The molecule has 1 amide bonds. The summed E-state index contributed by atoms with van der Waals surface area (Å²) in [6.07, 6.45) is 1.73. The summed E-state index contributed by atoms with van der Waals surface area (Å²) in [5.41, 5.74) is 5.84. The number of anilines is 1. The van der Waals surface area contributed by atoms with Crippen LogP contribution < -0.4 is 10.6 Å². The molecule has 3 heteroatoms. The molecule has 1 aromatic rings. The molecule has 2 rings (SSSR count). The monoisotopic (exact) mass is 260 g/mol. The van der Waals surface area contributed by atoms with E-state index in [1.807, 2.05) is 0 Å². The average Bonchev–Trinajstić information content (AvgIpc) is 2.85. The number of carbonyl (C=O) groups excluding carboxylic acids is 1. The molecule has 0 spiro atoms. The summed E-state index contributed by atoms with van der Waals surface area (Å²) in [6.45, 7) is 10.4. The van der Waals surface area contributed by atoms with Crippen LogP contribution >= 0.6 is 0 Å². The molecule has 2 N–H and O–H groups in total. The fourth-order valence-electron chi connectivity index (χ4n) is 2.75. The first-order valence-corrected chi connectivity index (χ1v) is 7.07. The first-order valence-electron chi connectivity index (χ1n) is 7.07. The topological polar surface area (TPSA) is 41.1 Å². The Morgan fingerprint density at radius 2 is 1.89 bits per heavy atom. The van der Waals surface area contributed by atoms with Gasteiger partial charge < -0.3 is 10.6 Å². The van der Waals surface area contributed by atoms with Gasteiger partial charge in [-0.15, -0.1) is 0 Å². The molecule has 1 saturated heterocycles. The lowest BCUT2D eigenvalue weighted by Gasteiger charge is -2.17. The molecule has 1 fully saturated rings. The van der Waals surface area contributed by atoms with Crippen LogP contribution in [-0.4, -0.2) is 19.0 Å². The molecular weight excluding hydrogens is 236 g/mol. The lowest BCUT2D eigenvalue weighted by atomic mass is 9.98. The quantitative estimate of drug-likeness (QED) is 0.877. The van der Waals surface area contributed by atoms with Gasteiger partial charge in [0.25, 0.3) is 0 Å². The first-order chi connectivity index (χ1) is 8.99. The third-order valence-corrected chi connectivity index (χ3v) is 4.27. The van der Waals surface area contributed by atoms with Crippen molar-refractivity contribution < 1.29 is 4.79 Å². The van der Waals surface area contributed by atoms with Crippen LogP contribution in [0.1, 0.15) is 35.1 Å². The highest BCUT2D eigenvalue weighted by Gasteiger charge is 2.19. The number of hydrogen-bond donors (Lipinski definition) is 2. The zero-order valence-corrected chi connectivity index (χ0v) is 12.4. The number of amides is 1. The lowest BCUT2D eigenvalue weighted by molar-refractivity contribution is -0.117. The molecule has 0 aromatic heterocycles. The first kappa shape index (κ1) is 14.1. The van der Waals surface area contributed by atoms with Gasteiger partial charge >= 0.3 is 0 Å². The molecule has 3 nitrogen and oxygen atoms in total. The van der Waals surface area contributed by atoms with Gasteiger partial charge in [0, 0.05) is 12.1 Å². The van der Waals surface area contributed by atoms with Crippen LogP contribution in [0.15, 0.2) is 6.07 Å². The summed E-state index contributed by atoms with van der Waals surface area (Å²) in [5.74, 6) is 0.636. The minimum absolute atomic E-state index is 0.143. The van der Waals surface area contributed by atoms with E-state index in [0.717, 1.165) is 25.2 Å². The predicted molar refractivity (Wildman–Crippen MR) is 79.6 cm³/mol. The summed E-state index contributed by atoms with van der Waals surface area (Å²) in [4.78, 5) is 12.2. The largest absolute Gasteiger partial charge is 0.326 e.